The highest BCUT2D eigenvalue weighted by Gasteiger charge is 2.15. The summed E-state index contributed by atoms with van der Waals surface area (Å²) in [7, 11) is 0. The Morgan fingerprint density at radius 2 is 2.11 bits per heavy atom. The van der Waals surface area contributed by atoms with E-state index in [2.05, 4.69) is 22.8 Å². The van der Waals surface area contributed by atoms with E-state index in [-0.39, 0.29) is 12.5 Å². The van der Waals surface area contributed by atoms with Crippen LogP contribution in [0.15, 0.2) is 35.4 Å². The van der Waals surface area contributed by atoms with E-state index in [0.717, 1.165) is 17.8 Å². The maximum Gasteiger partial charge on any atom is 0.259 e. The molecule has 0 radical (unpaired) electrons. The SMILES string of the molecule is CC1CCCC/C1=N\NC(=O)CNc1ccccc1. The fraction of sp³-hybridized carbons (Fsp3) is 0.467. The maximum atomic E-state index is 11.7. The smallest absolute Gasteiger partial charge is 0.259 e. The van der Waals surface area contributed by atoms with Crippen molar-refractivity contribution >= 4 is 17.3 Å². The molecule has 1 aromatic carbocycles. The molecule has 0 saturated heterocycles. The largest absolute Gasteiger partial charge is 0.376 e. The second kappa shape index (κ2) is 6.92. The minimum atomic E-state index is -0.103. The van der Waals surface area contributed by atoms with E-state index in [1.54, 1.807) is 0 Å². The number of anilines is 1. The lowest BCUT2D eigenvalue weighted by atomic mass is 9.89. The maximum absolute atomic E-state index is 11.7. The Bertz CT molecular complexity index is 442. The first-order chi connectivity index (χ1) is 9.25. The molecule has 102 valence electrons. The Morgan fingerprint density at radius 3 is 2.84 bits per heavy atom. The molecule has 1 fully saturated rings. The second-order valence-corrected chi connectivity index (χ2v) is 5.00. The van der Waals surface area contributed by atoms with Gasteiger partial charge in [0, 0.05) is 11.4 Å². The highest BCUT2D eigenvalue weighted by Crippen LogP contribution is 2.20. The van der Waals surface area contributed by atoms with Gasteiger partial charge < -0.3 is 5.32 Å². The molecule has 2 rings (SSSR count). The van der Waals surface area contributed by atoms with Crippen molar-refractivity contribution in [1.82, 2.24) is 5.43 Å². The van der Waals surface area contributed by atoms with E-state index < -0.39 is 0 Å². The lowest BCUT2D eigenvalue weighted by molar-refractivity contribution is -0.119. The Labute approximate surface area is 114 Å². The number of carbonyl (C=O) groups is 1. The van der Waals surface area contributed by atoms with E-state index in [0.29, 0.717) is 5.92 Å². The third-order valence-corrected chi connectivity index (χ3v) is 3.44. The molecule has 2 N–H and O–H groups in total. The Balaban J connectivity index is 1.77. The molecular weight excluding hydrogens is 238 g/mol. The van der Waals surface area contributed by atoms with Crippen molar-refractivity contribution in [2.24, 2.45) is 11.0 Å². The number of benzene rings is 1. The molecule has 1 aliphatic rings. The Hall–Kier alpha value is -1.84. The molecule has 0 spiro atoms. The standard InChI is InChI=1S/C15H21N3O/c1-12-7-5-6-10-14(12)17-18-15(19)11-16-13-8-3-2-4-9-13/h2-4,8-9,12,16H,5-7,10-11H2,1H3,(H,18,19)/b17-14+. The van der Waals surface area contributed by atoms with Crippen LogP contribution in [0.3, 0.4) is 0 Å². The summed E-state index contributed by atoms with van der Waals surface area (Å²) in [5.41, 5.74) is 4.70. The highest BCUT2D eigenvalue weighted by molar-refractivity contribution is 5.89. The van der Waals surface area contributed by atoms with Crippen LogP contribution in [0.5, 0.6) is 0 Å². The van der Waals surface area contributed by atoms with Crippen LogP contribution in [-0.4, -0.2) is 18.2 Å². The van der Waals surface area contributed by atoms with Crippen molar-refractivity contribution in [3.05, 3.63) is 30.3 Å². The summed E-state index contributed by atoms with van der Waals surface area (Å²) in [5, 5.41) is 7.32. The van der Waals surface area contributed by atoms with Gasteiger partial charge in [-0.15, -0.1) is 0 Å². The molecule has 4 heteroatoms. The van der Waals surface area contributed by atoms with Crippen molar-refractivity contribution in [3.8, 4) is 0 Å². The summed E-state index contributed by atoms with van der Waals surface area (Å²) in [5.74, 6) is 0.394. The summed E-state index contributed by atoms with van der Waals surface area (Å²) < 4.78 is 0. The summed E-state index contributed by atoms with van der Waals surface area (Å²) in [6, 6.07) is 9.68. The molecule has 0 aliphatic heterocycles. The van der Waals surface area contributed by atoms with Gasteiger partial charge in [-0.25, -0.2) is 5.43 Å². The molecule has 0 bridgehead atoms. The summed E-state index contributed by atoms with van der Waals surface area (Å²) in [4.78, 5) is 11.7. The quantitative estimate of drug-likeness (QED) is 0.817. The highest BCUT2D eigenvalue weighted by atomic mass is 16.2. The van der Waals surface area contributed by atoms with Gasteiger partial charge in [-0.3, -0.25) is 4.79 Å². The molecule has 1 atom stereocenters. The first kappa shape index (κ1) is 13.6. The monoisotopic (exact) mass is 259 g/mol. The molecule has 0 aromatic heterocycles. The average molecular weight is 259 g/mol. The number of hydrogen-bond donors (Lipinski definition) is 2. The zero-order valence-corrected chi connectivity index (χ0v) is 11.4. The second-order valence-electron chi connectivity index (χ2n) is 5.00. The van der Waals surface area contributed by atoms with E-state index in [9.17, 15) is 4.79 Å². The van der Waals surface area contributed by atoms with Crippen molar-refractivity contribution in [2.75, 3.05) is 11.9 Å². The first-order valence-corrected chi connectivity index (χ1v) is 6.90. The molecule has 1 aromatic rings. The van der Waals surface area contributed by atoms with Gasteiger partial charge in [-0.05, 0) is 37.3 Å². The Morgan fingerprint density at radius 1 is 1.32 bits per heavy atom. The summed E-state index contributed by atoms with van der Waals surface area (Å²) in [6.07, 6.45) is 4.63. The van der Waals surface area contributed by atoms with Gasteiger partial charge in [0.2, 0.25) is 0 Å². The number of nitrogens with zero attached hydrogens (tertiary/aromatic N) is 1. The number of rotatable bonds is 4. The van der Waals surface area contributed by atoms with Gasteiger partial charge in [0.25, 0.3) is 5.91 Å². The number of hydrazone groups is 1. The molecule has 1 aliphatic carbocycles. The van der Waals surface area contributed by atoms with Gasteiger partial charge in [-0.2, -0.15) is 5.10 Å². The summed E-state index contributed by atoms with van der Waals surface area (Å²) in [6.45, 7) is 2.42. The fourth-order valence-electron chi connectivity index (χ4n) is 2.25. The molecule has 19 heavy (non-hydrogen) atoms. The van der Waals surface area contributed by atoms with Crippen LogP contribution in [0.4, 0.5) is 5.69 Å². The van der Waals surface area contributed by atoms with Crippen LogP contribution in [-0.2, 0) is 4.79 Å². The number of carbonyl (C=O) groups excluding carboxylic acids is 1. The topological polar surface area (TPSA) is 53.5 Å². The van der Waals surface area contributed by atoms with Crippen molar-refractivity contribution in [3.63, 3.8) is 0 Å². The molecular formula is C15H21N3O. The zero-order chi connectivity index (χ0) is 13.5. The molecule has 0 heterocycles. The molecule has 1 amide bonds. The minimum absolute atomic E-state index is 0.103. The van der Waals surface area contributed by atoms with Crippen LogP contribution < -0.4 is 10.7 Å². The molecule has 1 saturated carbocycles. The van der Waals surface area contributed by atoms with Crippen molar-refractivity contribution in [1.29, 1.82) is 0 Å². The fourth-order valence-corrected chi connectivity index (χ4v) is 2.25. The molecule has 4 nitrogen and oxygen atoms in total. The van der Waals surface area contributed by atoms with Gasteiger partial charge in [0.1, 0.15) is 0 Å². The normalized spacial score (nSPS) is 21.1. The molecule has 1 unspecified atom stereocenters. The first-order valence-electron chi connectivity index (χ1n) is 6.90. The lowest BCUT2D eigenvalue weighted by Crippen LogP contribution is -2.28. The van der Waals surface area contributed by atoms with Crippen LogP contribution in [0, 0.1) is 5.92 Å². The van der Waals surface area contributed by atoms with Gasteiger partial charge in [-0.1, -0.05) is 31.5 Å². The number of nitrogens with one attached hydrogen (secondary N) is 2. The predicted molar refractivity (Wildman–Crippen MR) is 78.1 cm³/mol. The third-order valence-electron chi connectivity index (χ3n) is 3.44. The van der Waals surface area contributed by atoms with E-state index >= 15 is 0 Å². The third kappa shape index (κ3) is 4.39. The van der Waals surface area contributed by atoms with Crippen molar-refractivity contribution in [2.45, 2.75) is 32.6 Å². The van der Waals surface area contributed by atoms with E-state index in [4.69, 9.17) is 0 Å². The van der Waals surface area contributed by atoms with Gasteiger partial charge in [0.15, 0.2) is 0 Å². The van der Waals surface area contributed by atoms with Crippen LogP contribution in [0.25, 0.3) is 0 Å². The summed E-state index contributed by atoms with van der Waals surface area (Å²) >= 11 is 0. The van der Waals surface area contributed by atoms with Crippen LogP contribution >= 0.6 is 0 Å². The zero-order valence-electron chi connectivity index (χ0n) is 11.4. The average Bonchev–Trinajstić information content (AvgIpc) is 2.45. The van der Waals surface area contributed by atoms with E-state index in [1.807, 2.05) is 30.3 Å². The number of para-hydroxylation sites is 1. The minimum Gasteiger partial charge on any atom is -0.376 e. The van der Waals surface area contributed by atoms with Crippen LogP contribution in [0.2, 0.25) is 0 Å². The lowest BCUT2D eigenvalue weighted by Gasteiger charge is -2.19. The Kier molecular flexibility index (Phi) is 4.95. The number of amides is 1. The van der Waals surface area contributed by atoms with Gasteiger partial charge >= 0.3 is 0 Å². The predicted octanol–water partition coefficient (Wildman–Crippen LogP) is 2.78. The van der Waals surface area contributed by atoms with Gasteiger partial charge in [0.05, 0.1) is 6.54 Å². The van der Waals surface area contributed by atoms with Crippen LogP contribution in [0.1, 0.15) is 32.6 Å². The van der Waals surface area contributed by atoms with E-state index in [1.165, 1.54) is 19.3 Å². The van der Waals surface area contributed by atoms with Crippen molar-refractivity contribution < 1.29 is 4.79 Å². The number of hydrogen-bond acceptors (Lipinski definition) is 3.